The summed E-state index contributed by atoms with van der Waals surface area (Å²) in [5.41, 5.74) is 1.15. The Morgan fingerprint density at radius 1 is 1.10 bits per heavy atom. The number of imidazole rings is 1. The van der Waals surface area contributed by atoms with Gasteiger partial charge in [-0.2, -0.15) is 5.06 Å². The molecule has 0 amide bonds. The van der Waals surface area contributed by atoms with Crippen LogP contribution in [0.3, 0.4) is 0 Å². The van der Waals surface area contributed by atoms with Crippen molar-refractivity contribution in [1.29, 1.82) is 0 Å². The van der Waals surface area contributed by atoms with Gasteiger partial charge in [0.05, 0.1) is 29.0 Å². The zero-order valence-corrected chi connectivity index (χ0v) is 18.1. The van der Waals surface area contributed by atoms with Crippen LogP contribution in [-0.4, -0.2) is 28.8 Å². The summed E-state index contributed by atoms with van der Waals surface area (Å²) < 4.78 is 7.42. The minimum absolute atomic E-state index is 0.409. The first kappa shape index (κ1) is 20.2. The van der Waals surface area contributed by atoms with E-state index in [9.17, 15) is 0 Å². The number of likely N-dealkylation sites (N-methyl/N-ethyl adjacent to an activating group) is 1. The van der Waals surface area contributed by atoms with E-state index in [1.165, 1.54) is 0 Å². The maximum atomic E-state index is 6.47. The Kier molecular flexibility index (Phi) is 5.34. The summed E-state index contributed by atoms with van der Waals surface area (Å²) in [7, 11) is 3.65. The number of ether oxygens (including phenoxy) is 1. The van der Waals surface area contributed by atoms with Crippen molar-refractivity contribution in [3.05, 3.63) is 82.4 Å². The molecular weight excluding hydrogens is 409 g/mol. The molecule has 2 aromatic carbocycles. The van der Waals surface area contributed by atoms with Crippen molar-refractivity contribution in [2.24, 2.45) is 0 Å². The van der Waals surface area contributed by atoms with Gasteiger partial charge in [0.1, 0.15) is 11.4 Å². The zero-order chi connectivity index (χ0) is 20.6. The molecule has 3 aromatic rings. The number of hydrogen-bond donors (Lipinski definition) is 0. The molecule has 0 bridgehead atoms. The fraction of sp³-hybridized carbons (Fsp3) is 0.318. The summed E-state index contributed by atoms with van der Waals surface area (Å²) in [6.07, 6.45) is 6.30. The highest BCUT2D eigenvalue weighted by atomic mass is 35.5. The molecule has 2 heterocycles. The molecular formula is C22H23Cl2N3O2. The van der Waals surface area contributed by atoms with Crippen molar-refractivity contribution in [2.45, 2.75) is 31.0 Å². The van der Waals surface area contributed by atoms with Crippen LogP contribution in [0.1, 0.15) is 24.5 Å². The van der Waals surface area contributed by atoms with E-state index in [0.29, 0.717) is 16.6 Å². The largest absolute Gasteiger partial charge is 0.497 e. The molecule has 1 aliphatic rings. The predicted molar refractivity (Wildman–Crippen MR) is 114 cm³/mol. The molecule has 0 N–H and O–H groups in total. The van der Waals surface area contributed by atoms with Crippen molar-refractivity contribution < 1.29 is 9.57 Å². The number of nitrogens with zero attached hydrogens (tertiary/aromatic N) is 3. The van der Waals surface area contributed by atoms with E-state index in [1.807, 2.05) is 55.0 Å². The number of hydroxylamine groups is 2. The van der Waals surface area contributed by atoms with Crippen LogP contribution in [0.25, 0.3) is 0 Å². The Hall–Kier alpha value is -2.05. The predicted octanol–water partition coefficient (Wildman–Crippen LogP) is 5.28. The summed E-state index contributed by atoms with van der Waals surface area (Å²) >= 11 is 12.4. The van der Waals surface area contributed by atoms with E-state index in [1.54, 1.807) is 13.3 Å². The number of benzene rings is 2. The molecule has 1 aromatic heterocycles. The Balaban J connectivity index is 1.78. The van der Waals surface area contributed by atoms with Gasteiger partial charge >= 0.3 is 0 Å². The molecule has 0 spiro atoms. The number of methoxy groups -OCH3 is 1. The average Bonchev–Trinajstić information content (AvgIpc) is 3.31. The topological polar surface area (TPSA) is 39.5 Å². The van der Waals surface area contributed by atoms with E-state index < -0.39 is 11.1 Å². The van der Waals surface area contributed by atoms with Crippen LogP contribution in [0.4, 0.5) is 0 Å². The summed E-state index contributed by atoms with van der Waals surface area (Å²) in [4.78, 5) is 10.7. The van der Waals surface area contributed by atoms with Crippen LogP contribution in [0.15, 0.2) is 61.2 Å². The van der Waals surface area contributed by atoms with Crippen LogP contribution >= 0.6 is 23.2 Å². The highest BCUT2D eigenvalue weighted by Gasteiger charge is 2.53. The smallest absolute Gasteiger partial charge is 0.118 e. The molecule has 2 atom stereocenters. The molecule has 2 unspecified atom stereocenters. The zero-order valence-electron chi connectivity index (χ0n) is 16.6. The SMILES string of the molecule is COc1ccc(C2(Cn3ccnc3)CC(C)(c3ccc(Cl)c(Cl)c3)ON2C)cc1. The molecule has 29 heavy (non-hydrogen) atoms. The number of aromatic nitrogens is 2. The standard InChI is InChI=1S/C22H23Cl2N3O2/c1-21(17-6-9-19(23)20(24)12-17)13-22(26(2)29-21,14-27-11-10-25-15-27)16-4-7-18(28-3)8-5-16/h4-12,15H,13-14H2,1-3H3. The molecule has 5 nitrogen and oxygen atoms in total. The van der Waals surface area contributed by atoms with Crippen molar-refractivity contribution in [2.75, 3.05) is 14.2 Å². The number of halogens is 2. The van der Waals surface area contributed by atoms with Gasteiger partial charge in [-0.3, -0.25) is 4.84 Å². The fourth-order valence-corrected chi connectivity index (χ4v) is 4.48. The Labute approximate surface area is 180 Å². The maximum Gasteiger partial charge on any atom is 0.118 e. The second-order valence-corrected chi connectivity index (χ2v) is 8.43. The second kappa shape index (κ2) is 7.65. The van der Waals surface area contributed by atoms with Gasteiger partial charge in [-0.15, -0.1) is 0 Å². The third-order valence-electron chi connectivity index (χ3n) is 5.73. The van der Waals surface area contributed by atoms with Crippen molar-refractivity contribution in [1.82, 2.24) is 14.6 Å². The van der Waals surface area contributed by atoms with Crippen LogP contribution in [0.2, 0.25) is 10.0 Å². The first-order valence-electron chi connectivity index (χ1n) is 9.35. The average molecular weight is 432 g/mol. The van der Waals surface area contributed by atoms with Crippen molar-refractivity contribution in [3.8, 4) is 5.75 Å². The normalized spacial score (nSPS) is 24.7. The van der Waals surface area contributed by atoms with Gasteiger partial charge in [0.2, 0.25) is 0 Å². The lowest BCUT2D eigenvalue weighted by molar-refractivity contribution is -0.209. The third kappa shape index (κ3) is 3.64. The number of hydrogen-bond acceptors (Lipinski definition) is 4. The van der Waals surface area contributed by atoms with E-state index in [-0.39, 0.29) is 0 Å². The summed E-state index contributed by atoms with van der Waals surface area (Å²) in [6.45, 7) is 2.77. The molecule has 7 heteroatoms. The molecule has 4 rings (SSSR count). The van der Waals surface area contributed by atoms with Gasteiger partial charge in [-0.05, 0) is 42.3 Å². The molecule has 1 aliphatic heterocycles. The number of rotatable bonds is 5. The van der Waals surface area contributed by atoms with Crippen LogP contribution < -0.4 is 4.74 Å². The minimum Gasteiger partial charge on any atom is -0.497 e. The second-order valence-electron chi connectivity index (χ2n) is 7.62. The van der Waals surface area contributed by atoms with E-state index in [0.717, 1.165) is 23.3 Å². The molecule has 1 saturated heterocycles. The van der Waals surface area contributed by atoms with Gasteiger partial charge in [-0.1, -0.05) is 41.4 Å². The van der Waals surface area contributed by atoms with Crippen molar-refractivity contribution >= 4 is 23.2 Å². The van der Waals surface area contributed by atoms with Crippen LogP contribution in [0, 0.1) is 0 Å². The van der Waals surface area contributed by atoms with E-state index in [4.69, 9.17) is 32.8 Å². The van der Waals surface area contributed by atoms with E-state index >= 15 is 0 Å². The lowest BCUT2D eigenvalue weighted by Gasteiger charge is -2.35. The van der Waals surface area contributed by atoms with E-state index in [2.05, 4.69) is 28.6 Å². The fourth-order valence-electron chi connectivity index (χ4n) is 4.19. The Morgan fingerprint density at radius 2 is 1.83 bits per heavy atom. The highest BCUT2D eigenvalue weighted by molar-refractivity contribution is 6.42. The van der Waals surface area contributed by atoms with Gasteiger partial charge < -0.3 is 9.30 Å². The first-order chi connectivity index (χ1) is 13.9. The maximum absolute atomic E-state index is 6.47. The minimum atomic E-state index is -0.566. The van der Waals surface area contributed by atoms with Gasteiger partial charge in [0.15, 0.2) is 0 Å². The van der Waals surface area contributed by atoms with Gasteiger partial charge in [0, 0.05) is 32.4 Å². The summed E-state index contributed by atoms with van der Waals surface area (Å²) in [5, 5.41) is 3.01. The Morgan fingerprint density at radius 3 is 2.45 bits per heavy atom. The van der Waals surface area contributed by atoms with Crippen molar-refractivity contribution in [3.63, 3.8) is 0 Å². The quantitative estimate of drug-likeness (QED) is 0.550. The van der Waals surface area contributed by atoms with Gasteiger partial charge in [0.25, 0.3) is 0 Å². The lowest BCUT2D eigenvalue weighted by Crippen LogP contribution is -2.41. The molecule has 1 fully saturated rings. The summed E-state index contributed by atoms with van der Waals surface area (Å²) in [6, 6.07) is 13.8. The molecule has 152 valence electrons. The van der Waals surface area contributed by atoms with Gasteiger partial charge in [-0.25, -0.2) is 4.98 Å². The monoisotopic (exact) mass is 431 g/mol. The first-order valence-corrected chi connectivity index (χ1v) is 10.1. The van der Waals surface area contributed by atoms with Crippen LogP contribution in [0.5, 0.6) is 5.75 Å². The molecule has 0 saturated carbocycles. The Bertz CT molecular complexity index is 994. The highest BCUT2D eigenvalue weighted by Crippen LogP contribution is 2.51. The molecule has 0 radical (unpaired) electrons. The summed E-state index contributed by atoms with van der Waals surface area (Å²) in [5.74, 6) is 0.820. The van der Waals surface area contributed by atoms with Crippen LogP contribution in [-0.2, 0) is 22.5 Å². The third-order valence-corrected chi connectivity index (χ3v) is 6.47. The molecule has 0 aliphatic carbocycles. The lowest BCUT2D eigenvalue weighted by atomic mass is 9.78.